The summed E-state index contributed by atoms with van der Waals surface area (Å²) in [5.41, 5.74) is 9.58. The summed E-state index contributed by atoms with van der Waals surface area (Å²) in [7, 11) is 0. The Morgan fingerprint density at radius 1 is 0.400 bits per heavy atom. The smallest absolute Gasteiger partial charge is 0.0811 e. The van der Waals surface area contributed by atoms with Crippen molar-refractivity contribution in [1.82, 2.24) is 14.1 Å². The number of aromatic amines is 1. The molecule has 164 valence electrons. The van der Waals surface area contributed by atoms with E-state index in [1.165, 1.54) is 55.0 Å². The van der Waals surface area contributed by atoms with Gasteiger partial charge in [-0.3, -0.25) is 0 Å². The molecule has 1 N–H and O–H groups in total. The molecule has 3 aromatic heterocycles. The van der Waals surface area contributed by atoms with Gasteiger partial charge in [-0.1, -0.05) is 72.8 Å². The lowest BCUT2D eigenvalue weighted by Gasteiger charge is -2.09. The van der Waals surface area contributed by atoms with Crippen LogP contribution in [0.3, 0.4) is 0 Å². The number of benzene rings is 5. The van der Waals surface area contributed by atoms with Gasteiger partial charge in [-0.25, -0.2) is 0 Å². The zero-order valence-corrected chi connectivity index (χ0v) is 18.9. The van der Waals surface area contributed by atoms with Crippen molar-refractivity contribution in [3.8, 4) is 11.4 Å². The predicted molar refractivity (Wildman–Crippen MR) is 147 cm³/mol. The van der Waals surface area contributed by atoms with Gasteiger partial charge in [-0.2, -0.15) is 0 Å². The van der Waals surface area contributed by atoms with Gasteiger partial charge >= 0.3 is 0 Å². The molecule has 8 aromatic rings. The maximum Gasteiger partial charge on any atom is 0.0811 e. The van der Waals surface area contributed by atoms with Crippen LogP contribution in [0.2, 0.25) is 0 Å². The summed E-state index contributed by atoms with van der Waals surface area (Å²) in [4.78, 5) is 3.66. The number of nitrogens with zero attached hydrogens (tertiary/aromatic N) is 2. The van der Waals surface area contributed by atoms with Crippen LogP contribution in [0.1, 0.15) is 0 Å². The van der Waals surface area contributed by atoms with Gasteiger partial charge in [0.1, 0.15) is 0 Å². The highest BCUT2D eigenvalue weighted by atomic mass is 15.1. The molecule has 3 heteroatoms. The molecule has 0 saturated heterocycles. The minimum absolute atomic E-state index is 1.16. The molecular weight excluding hydrogens is 426 g/mol. The Balaban J connectivity index is 1.73. The first-order valence-corrected chi connectivity index (χ1v) is 12.0. The van der Waals surface area contributed by atoms with Crippen LogP contribution < -0.4 is 0 Å². The third kappa shape index (κ3) is 2.44. The first-order valence-electron chi connectivity index (χ1n) is 12.0. The second-order valence-corrected chi connectivity index (χ2v) is 9.11. The summed E-state index contributed by atoms with van der Waals surface area (Å²) in [6.45, 7) is 0. The van der Waals surface area contributed by atoms with E-state index in [9.17, 15) is 0 Å². The van der Waals surface area contributed by atoms with Crippen LogP contribution in [-0.4, -0.2) is 14.1 Å². The quantitative estimate of drug-likeness (QED) is 0.275. The minimum atomic E-state index is 1.16. The molecule has 5 aromatic carbocycles. The van der Waals surface area contributed by atoms with Crippen LogP contribution in [0.25, 0.3) is 66.0 Å². The fourth-order valence-electron chi connectivity index (χ4n) is 5.85. The summed E-state index contributed by atoms with van der Waals surface area (Å²) in [5, 5.41) is 5.06. The van der Waals surface area contributed by atoms with E-state index in [0.29, 0.717) is 0 Å². The molecule has 0 aliphatic heterocycles. The minimum Gasteiger partial charge on any atom is -0.354 e. The Labute approximate surface area is 201 Å². The Morgan fingerprint density at radius 2 is 1.00 bits per heavy atom. The molecule has 0 saturated carbocycles. The average molecular weight is 448 g/mol. The van der Waals surface area contributed by atoms with Crippen molar-refractivity contribution in [2.75, 3.05) is 0 Å². The lowest BCUT2D eigenvalue weighted by Crippen LogP contribution is -1.93. The summed E-state index contributed by atoms with van der Waals surface area (Å²) in [6.07, 6.45) is 0. The number of hydrogen-bond acceptors (Lipinski definition) is 0. The zero-order valence-electron chi connectivity index (χ0n) is 18.9. The largest absolute Gasteiger partial charge is 0.354 e. The molecule has 0 amide bonds. The second-order valence-electron chi connectivity index (χ2n) is 9.11. The molecule has 0 unspecified atom stereocenters. The summed E-state index contributed by atoms with van der Waals surface area (Å²) >= 11 is 0. The van der Waals surface area contributed by atoms with Gasteiger partial charge in [-0.05, 0) is 48.5 Å². The van der Waals surface area contributed by atoms with E-state index < -0.39 is 0 Å². The SMILES string of the molecule is c1ccc(-n2c3ccc4[nH]c5ccccc5c4c3c3c2c2ccccc2n3-c2ccccc2)cc1. The van der Waals surface area contributed by atoms with Crippen LogP contribution in [0.4, 0.5) is 0 Å². The standard InChI is InChI=1S/C32H21N3/c1-3-11-21(12-4-1)34-27-18-10-8-16-24(27)31-32(34)30-28(35(31)22-13-5-2-6-14-22)20-19-26-29(30)23-15-7-9-17-25(23)33-26/h1-20,33H. The summed E-state index contributed by atoms with van der Waals surface area (Å²) in [5.74, 6) is 0. The molecule has 0 aliphatic rings. The van der Waals surface area contributed by atoms with Crippen LogP contribution in [-0.2, 0) is 0 Å². The Bertz CT molecular complexity index is 2000. The van der Waals surface area contributed by atoms with Crippen molar-refractivity contribution < 1.29 is 0 Å². The molecule has 0 bridgehead atoms. The van der Waals surface area contributed by atoms with E-state index in [1.807, 2.05) is 0 Å². The number of nitrogens with one attached hydrogen (secondary N) is 1. The van der Waals surface area contributed by atoms with Crippen molar-refractivity contribution in [2.24, 2.45) is 0 Å². The molecule has 3 heterocycles. The second kappa shape index (κ2) is 6.87. The highest BCUT2D eigenvalue weighted by molar-refractivity contribution is 6.31. The average Bonchev–Trinajstić information content (AvgIpc) is 3.56. The fourth-order valence-corrected chi connectivity index (χ4v) is 5.85. The van der Waals surface area contributed by atoms with E-state index in [4.69, 9.17) is 0 Å². The Kier molecular flexibility index (Phi) is 3.66. The maximum absolute atomic E-state index is 3.66. The highest BCUT2D eigenvalue weighted by Gasteiger charge is 2.24. The van der Waals surface area contributed by atoms with Gasteiger partial charge in [-0.15, -0.1) is 0 Å². The van der Waals surface area contributed by atoms with Crippen molar-refractivity contribution in [2.45, 2.75) is 0 Å². The van der Waals surface area contributed by atoms with Crippen LogP contribution in [0, 0.1) is 0 Å². The van der Waals surface area contributed by atoms with Crippen LogP contribution in [0.15, 0.2) is 121 Å². The van der Waals surface area contributed by atoms with E-state index in [1.54, 1.807) is 0 Å². The Hall–Kier alpha value is -4.76. The van der Waals surface area contributed by atoms with Gasteiger partial charge in [0.25, 0.3) is 0 Å². The maximum atomic E-state index is 3.66. The predicted octanol–water partition coefficient (Wildman–Crippen LogP) is 8.36. The first-order chi connectivity index (χ1) is 17.4. The molecule has 8 rings (SSSR count). The van der Waals surface area contributed by atoms with Crippen LogP contribution >= 0.6 is 0 Å². The molecule has 3 nitrogen and oxygen atoms in total. The van der Waals surface area contributed by atoms with Gasteiger partial charge in [0, 0.05) is 44.0 Å². The molecular formula is C32H21N3. The number of aromatic nitrogens is 3. The highest BCUT2D eigenvalue weighted by Crippen LogP contribution is 2.44. The fraction of sp³-hybridized carbons (Fsp3) is 0. The van der Waals surface area contributed by atoms with Gasteiger partial charge < -0.3 is 14.1 Å². The normalized spacial score (nSPS) is 12.0. The molecule has 0 spiro atoms. The molecule has 0 fully saturated rings. The monoisotopic (exact) mass is 447 g/mol. The molecule has 0 atom stereocenters. The van der Waals surface area contributed by atoms with Crippen molar-refractivity contribution in [3.63, 3.8) is 0 Å². The van der Waals surface area contributed by atoms with E-state index in [2.05, 4.69) is 135 Å². The van der Waals surface area contributed by atoms with Crippen LogP contribution in [0.5, 0.6) is 0 Å². The lowest BCUT2D eigenvalue weighted by atomic mass is 10.1. The van der Waals surface area contributed by atoms with Gasteiger partial charge in [0.05, 0.1) is 22.1 Å². The third-order valence-corrected chi connectivity index (χ3v) is 7.23. The third-order valence-electron chi connectivity index (χ3n) is 7.23. The van der Waals surface area contributed by atoms with Crippen molar-refractivity contribution in [1.29, 1.82) is 0 Å². The molecule has 0 radical (unpaired) electrons. The van der Waals surface area contributed by atoms with Crippen molar-refractivity contribution in [3.05, 3.63) is 121 Å². The number of para-hydroxylation sites is 4. The summed E-state index contributed by atoms with van der Waals surface area (Å²) in [6, 6.07) is 43.3. The Morgan fingerprint density at radius 3 is 1.74 bits per heavy atom. The molecule has 35 heavy (non-hydrogen) atoms. The number of rotatable bonds is 2. The number of hydrogen-bond donors (Lipinski definition) is 1. The lowest BCUT2D eigenvalue weighted by molar-refractivity contribution is 1.17. The van der Waals surface area contributed by atoms with Gasteiger partial charge in [0.2, 0.25) is 0 Å². The van der Waals surface area contributed by atoms with E-state index in [0.717, 1.165) is 11.0 Å². The van der Waals surface area contributed by atoms with Gasteiger partial charge in [0.15, 0.2) is 0 Å². The topological polar surface area (TPSA) is 25.6 Å². The van der Waals surface area contributed by atoms with E-state index >= 15 is 0 Å². The number of H-pyrrole nitrogens is 1. The zero-order chi connectivity index (χ0) is 22.9. The van der Waals surface area contributed by atoms with Crippen molar-refractivity contribution >= 4 is 54.6 Å². The summed E-state index contributed by atoms with van der Waals surface area (Å²) < 4.78 is 4.88. The first kappa shape index (κ1) is 18.6. The molecule has 0 aliphatic carbocycles. The number of fused-ring (bicyclic) bond motifs is 9. The van der Waals surface area contributed by atoms with E-state index in [-0.39, 0.29) is 0 Å².